The molecule has 0 spiro atoms. The van der Waals surface area contributed by atoms with Gasteiger partial charge in [-0.2, -0.15) is 5.10 Å². The van der Waals surface area contributed by atoms with Crippen LogP contribution < -0.4 is 15.8 Å². The van der Waals surface area contributed by atoms with Gasteiger partial charge >= 0.3 is 0 Å². The second-order valence-electron chi connectivity index (χ2n) is 8.00. The van der Waals surface area contributed by atoms with Crippen molar-refractivity contribution in [2.24, 2.45) is 11.7 Å². The van der Waals surface area contributed by atoms with Gasteiger partial charge < -0.3 is 20.7 Å². The minimum absolute atomic E-state index is 0.0343. The van der Waals surface area contributed by atoms with Crippen LogP contribution in [0.3, 0.4) is 0 Å². The van der Waals surface area contributed by atoms with Crippen LogP contribution >= 0.6 is 27.5 Å². The summed E-state index contributed by atoms with van der Waals surface area (Å²) in [5.74, 6) is 0.914. The number of nitrogens with zero attached hydrogens (tertiary/aromatic N) is 3. The number of rotatable bonds is 5. The third-order valence-electron chi connectivity index (χ3n) is 6.26. The number of methoxy groups -OCH3 is 1. The molecule has 2 aliphatic heterocycles. The number of hydrogen-bond acceptors (Lipinski definition) is 5. The van der Waals surface area contributed by atoms with Crippen LogP contribution in [0.25, 0.3) is 11.3 Å². The Morgan fingerprint density at radius 3 is 2.69 bits per heavy atom. The molecule has 10 heteroatoms. The number of aromatic nitrogens is 2. The monoisotopic (exact) mass is 521 g/mol. The fourth-order valence-electron chi connectivity index (χ4n) is 4.66. The van der Waals surface area contributed by atoms with Crippen molar-refractivity contribution in [3.8, 4) is 17.0 Å². The first-order valence-corrected chi connectivity index (χ1v) is 11.6. The van der Waals surface area contributed by atoms with Gasteiger partial charge in [-0.25, -0.2) is 4.68 Å². The Morgan fingerprint density at radius 1 is 1.34 bits per heavy atom. The van der Waals surface area contributed by atoms with Crippen LogP contribution in [0.5, 0.6) is 5.75 Å². The molecule has 8 nitrogen and oxygen atoms in total. The van der Waals surface area contributed by atoms with Crippen LogP contribution in [-0.4, -0.2) is 53.2 Å². The summed E-state index contributed by atoms with van der Waals surface area (Å²) >= 11 is 9.79. The molecule has 1 unspecified atom stereocenters. The molecule has 3 N–H and O–H groups in total. The van der Waals surface area contributed by atoms with E-state index in [2.05, 4.69) is 27.8 Å². The minimum Gasteiger partial charge on any atom is -0.495 e. The lowest BCUT2D eigenvalue weighted by Crippen LogP contribution is -2.41. The quantitative estimate of drug-likeness (QED) is 0.581. The number of amides is 2. The SMILES string of the molecule is C=CC(=O)N1CCC(C2CCNc3c(C(N)=O)c(-c4cc(Cl)c(Br)c(OC)c4)nn32)CC1. The highest BCUT2D eigenvalue weighted by Crippen LogP contribution is 2.42. The van der Waals surface area contributed by atoms with Crippen LogP contribution in [0.15, 0.2) is 29.3 Å². The molecular formula is C22H25BrClN5O3. The van der Waals surface area contributed by atoms with E-state index in [1.54, 1.807) is 19.2 Å². The van der Waals surface area contributed by atoms with Crippen molar-refractivity contribution >= 4 is 45.2 Å². The molecule has 170 valence electrons. The molecule has 1 fully saturated rings. The van der Waals surface area contributed by atoms with Gasteiger partial charge in [0.05, 0.1) is 22.6 Å². The number of hydrogen-bond donors (Lipinski definition) is 2. The van der Waals surface area contributed by atoms with E-state index in [4.69, 9.17) is 27.2 Å². The summed E-state index contributed by atoms with van der Waals surface area (Å²) in [6, 6.07) is 3.63. The number of anilines is 1. The van der Waals surface area contributed by atoms with Gasteiger partial charge in [-0.15, -0.1) is 0 Å². The molecule has 1 atom stereocenters. The highest BCUT2D eigenvalue weighted by Gasteiger charge is 2.35. The zero-order valence-electron chi connectivity index (χ0n) is 17.7. The molecule has 1 saturated heterocycles. The van der Waals surface area contributed by atoms with Crippen molar-refractivity contribution in [2.75, 3.05) is 32.1 Å². The third-order valence-corrected chi connectivity index (χ3v) is 7.61. The van der Waals surface area contributed by atoms with Gasteiger partial charge in [-0.1, -0.05) is 18.2 Å². The van der Waals surface area contributed by atoms with Crippen molar-refractivity contribution in [3.05, 3.63) is 39.8 Å². The minimum atomic E-state index is -0.557. The standard InChI is InChI=1S/C22H25BrClN5O3/c1-3-17(30)28-8-5-12(6-9-28)15-4-7-26-22-18(21(25)31)20(27-29(15)22)13-10-14(24)19(23)16(11-13)32-2/h3,10-12,15,26H,1,4-9H2,2H3,(H2,25,31). The van der Waals surface area contributed by atoms with Gasteiger partial charge in [0, 0.05) is 25.2 Å². The van der Waals surface area contributed by atoms with E-state index in [9.17, 15) is 9.59 Å². The van der Waals surface area contributed by atoms with E-state index in [1.165, 1.54) is 6.08 Å². The molecule has 0 bridgehead atoms. The number of fused-ring (bicyclic) bond motifs is 1. The molecule has 2 aliphatic rings. The molecule has 32 heavy (non-hydrogen) atoms. The van der Waals surface area contributed by atoms with E-state index < -0.39 is 5.91 Å². The molecule has 2 amide bonds. The lowest BCUT2D eigenvalue weighted by atomic mass is 9.87. The van der Waals surface area contributed by atoms with Crippen molar-refractivity contribution in [1.29, 1.82) is 0 Å². The molecule has 4 rings (SSSR count). The number of halogens is 2. The second-order valence-corrected chi connectivity index (χ2v) is 9.21. The van der Waals surface area contributed by atoms with Crippen molar-refractivity contribution in [1.82, 2.24) is 14.7 Å². The topological polar surface area (TPSA) is 102 Å². The zero-order chi connectivity index (χ0) is 23.0. The number of carbonyl (C=O) groups excluding carboxylic acids is 2. The lowest BCUT2D eigenvalue weighted by molar-refractivity contribution is -0.127. The second kappa shape index (κ2) is 9.15. The normalized spacial score (nSPS) is 18.6. The maximum absolute atomic E-state index is 12.5. The third kappa shape index (κ3) is 3.99. The number of piperidine rings is 1. The number of carbonyl (C=O) groups is 2. The Morgan fingerprint density at radius 2 is 2.06 bits per heavy atom. The Bertz CT molecular complexity index is 1080. The number of nitrogens with one attached hydrogen (secondary N) is 1. The number of likely N-dealkylation sites (tertiary alicyclic amines) is 1. The predicted molar refractivity (Wildman–Crippen MR) is 127 cm³/mol. The largest absolute Gasteiger partial charge is 0.495 e. The van der Waals surface area contributed by atoms with Crippen LogP contribution in [0.1, 0.15) is 35.7 Å². The summed E-state index contributed by atoms with van der Waals surface area (Å²) in [6.45, 7) is 5.66. The van der Waals surface area contributed by atoms with Crippen LogP contribution in [0.4, 0.5) is 5.82 Å². The summed E-state index contributed by atoms with van der Waals surface area (Å²) in [7, 11) is 1.55. The van der Waals surface area contributed by atoms with Gasteiger partial charge in [0.1, 0.15) is 22.8 Å². The summed E-state index contributed by atoms with van der Waals surface area (Å²) in [5.41, 5.74) is 7.25. The fourth-order valence-corrected chi connectivity index (χ4v) is 5.26. The molecule has 0 aliphatic carbocycles. The van der Waals surface area contributed by atoms with Crippen molar-refractivity contribution in [3.63, 3.8) is 0 Å². The first kappa shape index (κ1) is 22.7. The zero-order valence-corrected chi connectivity index (χ0v) is 20.1. The predicted octanol–water partition coefficient (Wildman–Crippen LogP) is 3.85. The van der Waals surface area contributed by atoms with E-state index >= 15 is 0 Å². The van der Waals surface area contributed by atoms with Gasteiger partial charge in [0.25, 0.3) is 5.91 Å². The Kier molecular flexibility index (Phi) is 6.48. The maximum Gasteiger partial charge on any atom is 0.254 e. The molecule has 0 saturated carbocycles. The first-order chi connectivity index (χ1) is 15.3. The highest BCUT2D eigenvalue weighted by atomic mass is 79.9. The molecule has 0 radical (unpaired) electrons. The molecule has 3 heterocycles. The van der Waals surface area contributed by atoms with Gasteiger partial charge in [0.2, 0.25) is 5.91 Å². The molecular weight excluding hydrogens is 498 g/mol. The van der Waals surface area contributed by atoms with E-state index in [1.807, 2.05) is 9.58 Å². The van der Waals surface area contributed by atoms with Crippen LogP contribution in [-0.2, 0) is 4.79 Å². The van der Waals surface area contributed by atoms with Crippen LogP contribution in [0, 0.1) is 5.92 Å². The summed E-state index contributed by atoms with van der Waals surface area (Å²) in [5, 5.41) is 8.60. The molecule has 1 aromatic heterocycles. The van der Waals surface area contributed by atoms with E-state index in [0.29, 0.717) is 63.4 Å². The number of ether oxygens (including phenoxy) is 1. The first-order valence-electron chi connectivity index (χ1n) is 10.5. The average Bonchev–Trinajstić information content (AvgIpc) is 3.20. The Hall–Kier alpha value is -2.52. The van der Waals surface area contributed by atoms with Gasteiger partial charge in [-0.05, 0) is 59.3 Å². The van der Waals surface area contributed by atoms with Gasteiger partial charge in [-0.3, -0.25) is 9.59 Å². The lowest BCUT2D eigenvalue weighted by Gasteiger charge is -2.38. The molecule has 1 aromatic carbocycles. The average molecular weight is 523 g/mol. The smallest absolute Gasteiger partial charge is 0.254 e. The number of benzene rings is 1. The summed E-state index contributed by atoms with van der Waals surface area (Å²) < 4.78 is 7.94. The number of primary amides is 1. The summed E-state index contributed by atoms with van der Waals surface area (Å²) in [6.07, 6.45) is 3.96. The highest BCUT2D eigenvalue weighted by molar-refractivity contribution is 9.10. The Labute approximate surface area is 199 Å². The van der Waals surface area contributed by atoms with E-state index in [-0.39, 0.29) is 11.9 Å². The number of nitrogens with two attached hydrogens (primary N) is 1. The van der Waals surface area contributed by atoms with Crippen LogP contribution in [0.2, 0.25) is 5.02 Å². The maximum atomic E-state index is 12.5. The van der Waals surface area contributed by atoms with Crippen molar-refractivity contribution < 1.29 is 14.3 Å². The fraction of sp³-hybridized carbons (Fsp3) is 0.409. The molecule has 2 aromatic rings. The Balaban J connectivity index is 1.72. The van der Waals surface area contributed by atoms with Crippen molar-refractivity contribution in [2.45, 2.75) is 25.3 Å². The summed E-state index contributed by atoms with van der Waals surface area (Å²) in [4.78, 5) is 26.2. The van der Waals surface area contributed by atoms with Gasteiger partial charge in [0.15, 0.2) is 0 Å². The van der Waals surface area contributed by atoms with E-state index in [0.717, 1.165) is 19.3 Å².